The van der Waals surface area contributed by atoms with Gasteiger partial charge in [0.25, 0.3) is 5.69 Å². The number of nitrogens with one attached hydrogen (secondary N) is 1. The Balaban J connectivity index is 1.26. The number of benzene rings is 1. The van der Waals surface area contributed by atoms with Gasteiger partial charge >= 0.3 is 12.1 Å². The van der Waals surface area contributed by atoms with Crippen molar-refractivity contribution in [3.05, 3.63) is 61.6 Å². The summed E-state index contributed by atoms with van der Waals surface area (Å²) in [5, 5.41) is 26.6. The number of esters is 1. The highest BCUT2D eigenvalue weighted by Gasteiger charge is 2.60. The van der Waals surface area contributed by atoms with Crippen molar-refractivity contribution in [1.82, 2.24) is 15.2 Å². The zero-order valence-electron chi connectivity index (χ0n) is 22.5. The molecule has 0 saturated carbocycles. The third-order valence-corrected chi connectivity index (χ3v) is 9.77. The van der Waals surface area contributed by atoms with E-state index >= 15 is 0 Å². The van der Waals surface area contributed by atoms with Gasteiger partial charge < -0.3 is 29.7 Å². The number of fused-ring (bicyclic) bond motifs is 1. The number of β-lactam (4-membered cyclic amide) rings is 1. The molecule has 2 amide bonds. The van der Waals surface area contributed by atoms with Gasteiger partial charge in [0.05, 0.1) is 42.3 Å². The van der Waals surface area contributed by atoms with Gasteiger partial charge in [-0.15, -0.1) is 23.1 Å². The summed E-state index contributed by atoms with van der Waals surface area (Å²) < 4.78 is 10.1. The number of methoxy groups -OCH3 is 1. The maximum Gasteiger partial charge on any atom is 0.407 e. The van der Waals surface area contributed by atoms with Crippen LogP contribution in [0.15, 0.2) is 40.2 Å². The number of non-ortho nitro benzene ring substituents is 1. The van der Waals surface area contributed by atoms with E-state index in [4.69, 9.17) is 4.74 Å². The van der Waals surface area contributed by atoms with Gasteiger partial charge in [-0.3, -0.25) is 14.9 Å². The number of amides is 2. The Morgan fingerprint density at radius 3 is 2.66 bits per heavy atom. The molecule has 13 nitrogen and oxygen atoms in total. The molecule has 1 aromatic heterocycles. The van der Waals surface area contributed by atoms with Crippen LogP contribution in [-0.2, 0) is 32.2 Å². The average Bonchev–Trinajstić information content (AvgIpc) is 3.48. The van der Waals surface area contributed by atoms with E-state index in [0.717, 1.165) is 15.7 Å². The molecule has 0 unspecified atom stereocenters. The number of carbonyl (C=O) groups is 3. The Kier molecular flexibility index (Phi) is 8.20. The van der Waals surface area contributed by atoms with Crippen molar-refractivity contribution < 1.29 is 33.9 Å². The van der Waals surface area contributed by atoms with Crippen LogP contribution in [-0.4, -0.2) is 75.5 Å². The van der Waals surface area contributed by atoms with Gasteiger partial charge in [0, 0.05) is 46.7 Å². The lowest BCUT2D eigenvalue weighted by Gasteiger charge is -2.46. The number of nitro groups is 1. The molecule has 41 heavy (non-hydrogen) atoms. The van der Waals surface area contributed by atoms with Gasteiger partial charge in [0.15, 0.2) is 5.13 Å². The third kappa shape index (κ3) is 5.61. The zero-order valence-corrected chi connectivity index (χ0v) is 24.1. The Bertz CT molecular complexity index is 1390. The fourth-order valence-electron chi connectivity index (χ4n) is 5.21. The fraction of sp³-hybridized carbons (Fsp3) is 0.462. The first-order valence-corrected chi connectivity index (χ1v) is 14.7. The monoisotopic (exact) mass is 603 g/mol. The Hall–Kier alpha value is -3.69. The molecule has 15 heteroatoms. The number of anilines is 1. The summed E-state index contributed by atoms with van der Waals surface area (Å²) in [5.74, 6) is -1.70. The van der Waals surface area contributed by atoms with Crippen molar-refractivity contribution >= 4 is 51.9 Å². The number of nitro benzene ring substituents is 1. The first kappa shape index (κ1) is 28.8. The minimum Gasteiger partial charge on any atom is -0.456 e. The Morgan fingerprint density at radius 1 is 1.32 bits per heavy atom. The number of aromatic nitrogens is 1. The van der Waals surface area contributed by atoms with E-state index in [1.165, 1.54) is 47.6 Å². The van der Waals surface area contributed by atoms with Crippen molar-refractivity contribution in [3.63, 3.8) is 0 Å². The second kappa shape index (κ2) is 11.7. The molecule has 5 rings (SSSR count). The van der Waals surface area contributed by atoms with E-state index in [-0.39, 0.29) is 47.7 Å². The molecule has 218 valence electrons. The predicted molar refractivity (Wildman–Crippen MR) is 150 cm³/mol. The lowest BCUT2D eigenvalue weighted by molar-refractivity contribution is -0.384. The van der Waals surface area contributed by atoms with E-state index in [1.54, 1.807) is 18.7 Å². The van der Waals surface area contributed by atoms with Gasteiger partial charge in [-0.2, -0.15) is 0 Å². The van der Waals surface area contributed by atoms with Crippen molar-refractivity contribution in [1.29, 1.82) is 0 Å². The van der Waals surface area contributed by atoms with Crippen LogP contribution in [0.4, 0.5) is 15.6 Å². The molecule has 4 atom stereocenters. The van der Waals surface area contributed by atoms with Crippen LogP contribution in [0.2, 0.25) is 0 Å². The Labute approximate surface area is 243 Å². The summed E-state index contributed by atoms with van der Waals surface area (Å²) in [6, 6.07) is 5.39. The maximum absolute atomic E-state index is 13.4. The molecule has 0 aliphatic carbocycles. The van der Waals surface area contributed by atoms with Crippen molar-refractivity contribution in [3.8, 4) is 0 Å². The molecule has 4 heterocycles. The second-order valence-electron chi connectivity index (χ2n) is 10.1. The highest BCUT2D eigenvalue weighted by molar-refractivity contribution is 8.03. The number of aliphatic hydroxyl groups is 1. The molecule has 2 saturated heterocycles. The van der Waals surface area contributed by atoms with E-state index in [2.05, 4.69) is 19.9 Å². The highest BCUT2D eigenvalue weighted by Crippen LogP contribution is 2.52. The molecule has 2 N–H and O–H groups in total. The van der Waals surface area contributed by atoms with Crippen molar-refractivity contribution in [2.75, 3.05) is 25.1 Å². The minimum absolute atomic E-state index is 0.0642. The Morgan fingerprint density at radius 2 is 2.02 bits per heavy atom. The largest absolute Gasteiger partial charge is 0.456 e. The summed E-state index contributed by atoms with van der Waals surface area (Å²) in [6.07, 6.45) is -1.37. The molecule has 3 aliphatic rings. The number of thioether (sulfide) groups is 1. The number of aliphatic hydroxyl groups excluding tert-OH is 1. The minimum atomic E-state index is -0.847. The number of ether oxygens (including phenoxy) is 2. The van der Waals surface area contributed by atoms with Gasteiger partial charge in [0.2, 0.25) is 5.91 Å². The van der Waals surface area contributed by atoms with Crippen LogP contribution in [0.1, 0.15) is 25.1 Å². The van der Waals surface area contributed by atoms with Crippen LogP contribution < -0.4 is 10.2 Å². The summed E-state index contributed by atoms with van der Waals surface area (Å²) in [6.45, 7) is 5.06. The van der Waals surface area contributed by atoms with E-state index in [9.17, 15) is 29.6 Å². The number of carbonyl (C=O) groups excluding carboxylic acids is 3. The third-order valence-electron chi connectivity index (χ3n) is 7.37. The number of nitrogens with zero attached hydrogens (tertiary/aromatic N) is 4. The summed E-state index contributed by atoms with van der Waals surface area (Å²) >= 11 is 3.02. The van der Waals surface area contributed by atoms with Crippen LogP contribution in [0.5, 0.6) is 0 Å². The summed E-state index contributed by atoms with van der Waals surface area (Å²) in [5.41, 5.74) is 1.45. The van der Waals surface area contributed by atoms with E-state index < -0.39 is 29.0 Å². The lowest BCUT2D eigenvalue weighted by atomic mass is 9.79. The molecule has 2 fully saturated rings. The lowest BCUT2D eigenvalue weighted by Crippen LogP contribution is -2.63. The molecule has 0 bridgehead atoms. The normalized spacial score (nSPS) is 22.5. The molecular formula is C26H29N5O8S2. The second-order valence-corrected chi connectivity index (χ2v) is 12.3. The first-order chi connectivity index (χ1) is 19.6. The molecule has 0 radical (unpaired) electrons. The summed E-state index contributed by atoms with van der Waals surface area (Å²) in [4.78, 5) is 56.9. The number of rotatable bonds is 10. The fourth-order valence-corrected chi connectivity index (χ4v) is 7.57. The SMILES string of the molecule is COC(=O)NCc1csc(N2CC(SC3=C(C(=O)OCc4ccc([N+](=O)[O-])cc4)N4C(=O)[C@H]([C@@H](C)O)[C@H]4[C@H]3C)C2)n1. The number of alkyl carbamates (subject to hydrolysis) is 1. The number of thiazole rings is 1. The maximum atomic E-state index is 13.4. The topological polar surface area (TPSA) is 164 Å². The number of hydrogen-bond donors (Lipinski definition) is 2. The predicted octanol–water partition coefficient (Wildman–Crippen LogP) is 2.64. The molecule has 3 aliphatic heterocycles. The van der Waals surface area contributed by atoms with Crippen LogP contribution in [0.3, 0.4) is 0 Å². The molecule has 1 aromatic carbocycles. The van der Waals surface area contributed by atoms with Crippen LogP contribution in [0, 0.1) is 22.0 Å². The summed E-state index contributed by atoms with van der Waals surface area (Å²) in [7, 11) is 1.30. The number of hydrogen-bond acceptors (Lipinski definition) is 12. The van der Waals surface area contributed by atoms with Crippen LogP contribution in [0.25, 0.3) is 0 Å². The molecule has 2 aromatic rings. The van der Waals surface area contributed by atoms with Gasteiger partial charge in [0.1, 0.15) is 12.3 Å². The van der Waals surface area contributed by atoms with Gasteiger partial charge in [-0.1, -0.05) is 6.92 Å². The van der Waals surface area contributed by atoms with E-state index in [1.807, 2.05) is 12.3 Å². The van der Waals surface area contributed by atoms with E-state index in [0.29, 0.717) is 18.7 Å². The zero-order chi connectivity index (χ0) is 29.4. The molecule has 0 spiro atoms. The molecular weight excluding hydrogens is 574 g/mol. The van der Waals surface area contributed by atoms with Gasteiger partial charge in [-0.05, 0) is 24.6 Å². The standard InChI is InChI=1S/C26H29N5O8S2/c1-13-20-19(14(2)32)23(33)30(20)21(24(34)39-11-15-4-6-17(7-5-15)31(36)37)22(13)41-18-9-29(10-18)25-28-16(12-40-25)8-27-26(35)38-3/h4-7,12-14,18-20,32H,8-11H2,1-3H3,(H,27,35)/t13-,14-,19-,20-/m1/s1. The van der Waals surface area contributed by atoms with Crippen molar-refractivity contribution in [2.24, 2.45) is 11.8 Å². The smallest absolute Gasteiger partial charge is 0.407 e. The highest BCUT2D eigenvalue weighted by atomic mass is 32.2. The van der Waals surface area contributed by atoms with Crippen molar-refractivity contribution in [2.45, 2.75) is 44.4 Å². The quantitative estimate of drug-likeness (QED) is 0.178. The average molecular weight is 604 g/mol. The first-order valence-electron chi connectivity index (χ1n) is 12.9. The van der Waals surface area contributed by atoms with Gasteiger partial charge in [-0.25, -0.2) is 14.6 Å². The van der Waals surface area contributed by atoms with Crippen LogP contribution >= 0.6 is 23.1 Å².